The number of oxazole rings is 2. The highest BCUT2D eigenvalue weighted by Gasteiger charge is 2.17. The molecule has 6 nitrogen and oxygen atoms in total. The normalized spacial score (nSPS) is 10.5. The van der Waals surface area contributed by atoms with Crippen molar-refractivity contribution in [3.8, 4) is 17.4 Å². The second-order valence-corrected chi connectivity index (χ2v) is 2.85. The maximum absolute atomic E-state index is 5.44. The Balaban J connectivity index is 2.37. The smallest absolute Gasteiger partial charge is 0.264 e. The summed E-state index contributed by atoms with van der Waals surface area (Å²) in [7, 11) is 1.52. The van der Waals surface area contributed by atoms with Crippen LogP contribution in [-0.2, 0) is 6.42 Å². The topological polar surface area (TPSA) is 87.3 Å². The fraction of sp³-hybridized carbons (Fsp3) is 0.333. The van der Waals surface area contributed by atoms with Crippen molar-refractivity contribution in [2.24, 2.45) is 5.73 Å². The van der Waals surface area contributed by atoms with Gasteiger partial charge < -0.3 is 19.3 Å². The van der Waals surface area contributed by atoms with Crippen molar-refractivity contribution in [1.82, 2.24) is 9.97 Å². The van der Waals surface area contributed by atoms with E-state index < -0.39 is 0 Å². The Bertz CT molecular complexity index is 422. The third-order valence-corrected chi connectivity index (χ3v) is 1.85. The van der Waals surface area contributed by atoms with Crippen LogP contribution >= 0.6 is 0 Å². The van der Waals surface area contributed by atoms with E-state index in [1.807, 2.05) is 0 Å². The van der Waals surface area contributed by atoms with Gasteiger partial charge in [-0.3, -0.25) is 0 Å². The van der Waals surface area contributed by atoms with Crippen LogP contribution in [0.3, 0.4) is 0 Å². The molecule has 0 bridgehead atoms. The standard InChI is InChI=1S/C9H11N3O3/c1-13-9-8(6-4-11-5-14-6)15-7(12-9)2-3-10/h4-5H,2-3,10H2,1H3. The van der Waals surface area contributed by atoms with E-state index in [2.05, 4.69) is 9.97 Å². The molecule has 6 heteroatoms. The fourth-order valence-corrected chi connectivity index (χ4v) is 1.20. The van der Waals surface area contributed by atoms with Gasteiger partial charge in [0.25, 0.3) is 5.88 Å². The van der Waals surface area contributed by atoms with E-state index in [-0.39, 0.29) is 0 Å². The number of nitrogens with two attached hydrogens (primary N) is 1. The maximum atomic E-state index is 5.44. The Labute approximate surface area is 86.1 Å². The number of hydrogen-bond acceptors (Lipinski definition) is 6. The van der Waals surface area contributed by atoms with Gasteiger partial charge in [-0.25, -0.2) is 4.98 Å². The first-order chi connectivity index (χ1) is 7.35. The number of aromatic nitrogens is 2. The number of hydrogen-bond donors (Lipinski definition) is 1. The SMILES string of the molecule is COc1nc(CCN)oc1-c1cnco1. The van der Waals surface area contributed by atoms with Crippen LogP contribution in [0.4, 0.5) is 0 Å². The van der Waals surface area contributed by atoms with Crippen LogP contribution in [0.5, 0.6) is 5.88 Å². The molecule has 2 aromatic rings. The first-order valence-corrected chi connectivity index (χ1v) is 4.47. The van der Waals surface area contributed by atoms with Crippen LogP contribution < -0.4 is 10.5 Å². The highest BCUT2D eigenvalue weighted by Crippen LogP contribution is 2.30. The number of rotatable bonds is 4. The first kappa shape index (κ1) is 9.72. The van der Waals surface area contributed by atoms with Crippen LogP contribution in [0.15, 0.2) is 21.4 Å². The lowest BCUT2D eigenvalue weighted by atomic mass is 10.4. The Hall–Kier alpha value is -1.82. The molecule has 2 heterocycles. The summed E-state index contributed by atoms with van der Waals surface area (Å²) >= 11 is 0. The molecule has 0 unspecified atom stereocenters. The third-order valence-electron chi connectivity index (χ3n) is 1.85. The number of ether oxygens (including phenoxy) is 1. The molecule has 0 spiro atoms. The molecule has 0 atom stereocenters. The van der Waals surface area contributed by atoms with Crippen LogP contribution in [0.25, 0.3) is 11.5 Å². The zero-order valence-electron chi connectivity index (χ0n) is 8.27. The van der Waals surface area contributed by atoms with E-state index in [0.717, 1.165) is 0 Å². The van der Waals surface area contributed by atoms with Crippen molar-refractivity contribution in [3.05, 3.63) is 18.5 Å². The summed E-state index contributed by atoms with van der Waals surface area (Å²) in [5, 5.41) is 0. The fourth-order valence-electron chi connectivity index (χ4n) is 1.20. The van der Waals surface area contributed by atoms with Gasteiger partial charge in [-0.05, 0) is 0 Å². The van der Waals surface area contributed by atoms with Crippen molar-refractivity contribution >= 4 is 0 Å². The molecule has 0 aliphatic carbocycles. The largest absolute Gasteiger partial charge is 0.478 e. The zero-order chi connectivity index (χ0) is 10.7. The van der Waals surface area contributed by atoms with E-state index >= 15 is 0 Å². The molecule has 80 valence electrons. The monoisotopic (exact) mass is 209 g/mol. The zero-order valence-corrected chi connectivity index (χ0v) is 8.27. The Morgan fingerprint density at radius 1 is 1.53 bits per heavy atom. The average molecular weight is 209 g/mol. The molecule has 2 aromatic heterocycles. The molecule has 0 radical (unpaired) electrons. The van der Waals surface area contributed by atoms with Gasteiger partial charge in [-0.2, -0.15) is 4.98 Å². The lowest BCUT2D eigenvalue weighted by Crippen LogP contribution is -2.02. The van der Waals surface area contributed by atoms with E-state index in [9.17, 15) is 0 Å². The molecule has 0 saturated carbocycles. The van der Waals surface area contributed by atoms with E-state index in [1.165, 1.54) is 19.7 Å². The van der Waals surface area contributed by atoms with Crippen molar-refractivity contribution in [1.29, 1.82) is 0 Å². The van der Waals surface area contributed by atoms with E-state index in [4.69, 9.17) is 19.3 Å². The molecule has 0 amide bonds. The van der Waals surface area contributed by atoms with E-state index in [0.29, 0.717) is 36.3 Å². The molecule has 0 aromatic carbocycles. The predicted octanol–water partition coefficient (Wildman–Crippen LogP) is 0.839. The molecular weight excluding hydrogens is 198 g/mol. The van der Waals surface area contributed by atoms with Gasteiger partial charge in [-0.15, -0.1) is 0 Å². The average Bonchev–Trinajstić information content (AvgIpc) is 2.84. The van der Waals surface area contributed by atoms with Crippen molar-refractivity contribution in [3.63, 3.8) is 0 Å². The highest BCUT2D eigenvalue weighted by atomic mass is 16.5. The predicted molar refractivity (Wildman–Crippen MR) is 51.3 cm³/mol. The minimum Gasteiger partial charge on any atom is -0.478 e. The van der Waals surface area contributed by atoms with Crippen LogP contribution in [-0.4, -0.2) is 23.6 Å². The van der Waals surface area contributed by atoms with Gasteiger partial charge in [-0.1, -0.05) is 0 Å². The molecule has 0 aliphatic rings. The second-order valence-electron chi connectivity index (χ2n) is 2.85. The quantitative estimate of drug-likeness (QED) is 0.802. The lowest BCUT2D eigenvalue weighted by Gasteiger charge is -1.93. The number of methoxy groups -OCH3 is 1. The summed E-state index contributed by atoms with van der Waals surface area (Å²) in [6.45, 7) is 0.472. The Morgan fingerprint density at radius 2 is 2.40 bits per heavy atom. The minimum absolute atomic E-state index is 0.384. The number of nitrogens with zero attached hydrogens (tertiary/aromatic N) is 2. The summed E-state index contributed by atoms with van der Waals surface area (Å²) < 4.78 is 15.6. The van der Waals surface area contributed by atoms with Gasteiger partial charge in [0.05, 0.1) is 13.3 Å². The summed E-state index contributed by atoms with van der Waals surface area (Å²) in [6.07, 6.45) is 3.42. The van der Waals surface area contributed by atoms with E-state index in [1.54, 1.807) is 0 Å². The molecule has 2 rings (SSSR count). The van der Waals surface area contributed by atoms with Crippen LogP contribution in [0.2, 0.25) is 0 Å². The summed E-state index contributed by atoms with van der Waals surface area (Å²) in [6, 6.07) is 0. The summed E-state index contributed by atoms with van der Waals surface area (Å²) in [4.78, 5) is 7.91. The Kier molecular flexibility index (Phi) is 2.68. The summed E-state index contributed by atoms with van der Waals surface area (Å²) in [5.41, 5.74) is 5.40. The van der Waals surface area contributed by atoms with Gasteiger partial charge in [0.2, 0.25) is 5.76 Å². The molecule has 0 aliphatic heterocycles. The Morgan fingerprint density at radius 3 is 3.00 bits per heavy atom. The molecule has 15 heavy (non-hydrogen) atoms. The molecule has 0 saturated heterocycles. The van der Waals surface area contributed by atoms with Gasteiger partial charge in [0.1, 0.15) is 0 Å². The van der Waals surface area contributed by atoms with Crippen LogP contribution in [0.1, 0.15) is 5.89 Å². The first-order valence-electron chi connectivity index (χ1n) is 4.47. The van der Waals surface area contributed by atoms with Crippen LogP contribution in [0, 0.1) is 0 Å². The molecule has 0 fully saturated rings. The minimum atomic E-state index is 0.384. The van der Waals surface area contributed by atoms with Gasteiger partial charge >= 0.3 is 0 Å². The highest BCUT2D eigenvalue weighted by molar-refractivity contribution is 5.55. The van der Waals surface area contributed by atoms with Crippen molar-refractivity contribution in [2.45, 2.75) is 6.42 Å². The van der Waals surface area contributed by atoms with Gasteiger partial charge in [0, 0.05) is 13.0 Å². The molecular formula is C9H11N3O3. The molecule has 2 N–H and O–H groups in total. The second kappa shape index (κ2) is 4.14. The summed E-state index contributed by atoms with van der Waals surface area (Å²) in [5.74, 6) is 1.84. The lowest BCUT2D eigenvalue weighted by molar-refractivity contribution is 0.395. The maximum Gasteiger partial charge on any atom is 0.264 e. The third kappa shape index (κ3) is 1.84. The van der Waals surface area contributed by atoms with Crippen molar-refractivity contribution < 1.29 is 13.6 Å². The van der Waals surface area contributed by atoms with Crippen molar-refractivity contribution in [2.75, 3.05) is 13.7 Å². The van der Waals surface area contributed by atoms with Gasteiger partial charge in [0.15, 0.2) is 18.0 Å².